The van der Waals surface area contributed by atoms with Crippen LogP contribution in [0.4, 0.5) is 0 Å². The van der Waals surface area contributed by atoms with E-state index in [9.17, 15) is 19.5 Å². The SMILES string of the molecule is C=C(C)C(=O)OC(CC)Cc1cccc(C(=O)O)c1C(=O)O. The molecular weight excluding hydrogens is 288 g/mol. The van der Waals surface area contributed by atoms with Crippen molar-refractivity contribution in [2.75, 3.05) is 0 Å². The van der Waals surface area contributed by atoms with Crippen molar-refractivity contribution in [2.45, 2.75) is 32.8 Å². The number of carbonyl (C=O) groups is 3. The molecule has 0 radical (unpaired) electrons. The summed E-state index contributed by atoms with van der Waals surface area (Å²) in [6.07, 6.45) is 0.0412. The van der Waals surface area contributed by atoms with Gasteiger partial charge in [-0.3, -0.25) is 0 Å². The van der Waals surface area contributed by atoms with Gasteiger partial charge in [-0.25, -0.2) is 14.4 Å². The Morgan fingerprint density at radius 1 is 1.23 bits per heavy atom. The van der Waals surface area contributed by atoms with E-state index in [-0.39, 0.29) is 23.1 Å². The van der Waals surface area contributed by atoms with Crippen LogP contribution in [-0.2, 0) is 16.0 Å². The second kappa shape index (κ2) is 7.40. The molecule has 0 saturated heterocycles. The highest BCUT2D eigenvalue weighted by atomic mass is 16.5. The van der Waals surface area contributed by atoms with Gasteiger partial charge in [0.25, 0.3) is 0 Å². The Kier molecular flexibility index (Phi) is 5.86. The van der Waals surface area contributed by atoms with Gasteiger partial charge < -0.3 is 14.9 Å². The Morgan fingerprint density at radius 2 is 1.86 bits per heavy atom. The monoisotopic (exact) mass is 306 g/mol. The van der Waals surface area contributed by atoms with Gasteiger partial charge in [0, 0.05) is 12.0 Å². The molecule has 0 aliphatic heterocycles. The van der Waals surface area contributed by atoms with Gasteiger partial charge in [0.15, 0.2) is 0 Å². The lowest BCUT2D eigenvalue weighted by molar-refractivity contribution is -0.144. The third kappa shape index (κ3) is 4.18. The lowest BCUT2D eigenvalue weighted by Crippen LogP contribution is -2.22. The van der Waals surface area contributed by atoms with Gasteiger partial charge in [-0.05, 0) is 25.0 Å². The third-order valence-electron chi connectivity index (χ3n) is 3.12. The highest BCUT2D eigenvalue weighted by Gasteiger charge is 2.23. The van der Waals surface area contributed by atoms with Crippen LogP contribution in [-0.4, -0.2) is 34.2 Å². The van der Waals surface area contributed by atoms with Gasteiger partial charge in [-0.2, -0.15) is 0 Å². The highest BCUT2D eigenvalue weighted by molar-refractivity contribution is 6.02. The molecule has 0 fully saturated rings. The summed E-state index contributed by atoms with van der Waals surface area (Å²) >= 11 is 0. The number of aromatic carboxylic acids is 2. The standard InChI is InChI=1S/C16H18O6/c1-4-11(22-16(21)9(2)3)8-10-6-5-7-12(14(17)18)13(10)15(19)20/h5-7,11H,2,4,8H2,1,3H3,(H,17,18)(H,19,20). The zero-order valence-corrected chi connectivity index (χ0v) is 12.5. The summed E-state index contributed by atoms with van der Waals surface area (Å²) in [5.41, 5.74) is -0.00383. The summed E-state index contributed by atoms with van der Waals surface area (Å²) < 4.78 is 5.22. The minimum absolute atomic E-state index is 0.123. The Morgan fingerprint density at radius 3 is 2.32 bits per heavy atom. The average molecular weight is 306 g/mol. The summed E-state index contributed by atoms with van der Waals surface area (Å²) in [7, 11) is 0. The molecule has 118 valence electrons. The van der Waals surface area contributed by atoms with Crippen LogP contribution >= 0.6 is 0 Å². The predicted octanol–water partition coefficient (Wildman–Crippen LogP) is 2.52. The number of hydrogen-bond donors (Lipinski definition) is 2. The first-order valence-electron chi connectivity index (χ1n) is 6.72. The minimum atomic E-state index is -1.32. The molecule has 0 aromatic heterocycles. The van der Waals surface area contributed by atoms with Gasteiger partial charge in [-0.15, -0.1) is 0 Å². The molecule has 22 heavy (non-hydrogen) atoms. The van der Waals surface area contributed by atoms with Crippen molar-refractivity contribution in [2.24, 2.45) is 0 Å². The third-order valence-corrected chi connectivity index (χ3v) is 3.12. The van der Waals surface area contributed by atoms with Crippen LogP contribution < -0.4 is 0 Å². The summed E-state index contributed by atoms with van der Waals surface area (Å²) in [4.78, 5) is 34.1. The van der Waals surface area contributed by atoms with E-state index in [4.69, 9.17) is 9.84 Å². The second-order valence-electron chi connectivity index (χ2n) is 4.87. The lowest BCUT2D eigenvalue weighted by atomic mass is 9.96. The van der Waals surface area contributed by atoms with Crippen LogP contribution in [0.5, 0.6) is 0 Å². The van der Waals surface area contributed by atoms with Crippen molar-refractivity contribution in [3.63, 3.8) is 0 Å². The number of carboxylic acids is 2. The number of benzene rings is 1. The molecular formula is C16H18O6. The van der Waals surface area contributed by atoms with Gasteiger partial charge in [-0.1, -0.05) is 25.6 Å². The molecule has 0 amide bonds. The number of carbonyl (C=O) groups excluding carboxylic acids is 1. The van der Waals surface area contributed by atoms with E-state index in [0.29, 0.717) is 12.0 Å². The number of esters is 1. The zero-order chi connectivity index (χ0) is 16.9. The molecule has 6 heteroatoms. The van der Waals surface area contributed by atoms with Crippen LogP contribution in [0, 0.1) is 0 Å². The molecule has 0 heterocycles. The lowest BCUT2D eigenvalue weighted by Gasteiger charge is -2.18. The van der Waals surface area contributed by atoms with Gasteiger partial charge in [0.2, 0.25) is 0 Å². The summed E-state index contributed by atoms with van der Waals surface area (Å²) in [6.45, 7) is 6.79. The second-order valence-corrected chi connectivity index (χ2v) is 4.87. The first-order chi connectivity index (χ1) is 10.3. The first-order valence-corrected chi connectivity index (χ1v) is 6.72. The van der Waals surface area contributed by atoms with Crippen molar-refractivity contribution < 1.29 is 29.3 Å². The molecule has 2 N–H and O–H groups in total. The number of hydrogen-bond acceptors (Lipinski definition) is 4. The van der Waals surface area contributed by atoms with E-state index in [1.165, 1.54) is 25.1 Å². The molecule has 0 spiro atoms. The molecule has 1 atom stereocenters. The fourth-order valence-corrected chi connectivity index (χ4v) is 1.97. The molecule has 0 bridgehead atoms. The average Bonchev–Trinajstić information content (AvgIpc) is 2.45. The Balaban J connectivity index is 3.13. The fraction of sp³-hybridized carbons (Fsp3) is 0.312. The molecule has 1 aromatic rings. The largest absolute Gasteiger partial charge is 0.478 e. The van der Waals surface area contributed by atoms with Crippen LogP contribution in [0.25, 0.3) is 0 Å². The maximum atomic E-state index is 11.6. The zero-order valence-electron chi connectivity index (χ0n) is 12.5. The summed E-state index contributed by atoms with van der Waals surface area (Å²) in [5.74, 6) is -3.20. The van der Waals surface area contributed by atoms with Crippen molar-refractivity contribution in [3.05, 3.63) is 47.0 Å². The van der Waals surface area contributed by atoms with Crippen molar-refractivity contribution in [1.29, 1.82) is 0 Å². The molecule has 0 aliphatic rings. The Labute approximate surface area is 128 Å². The fourth-order valence-electron chi connectivity index (χ4n) is 1.97. The maximum Gasteiger partial charge on any atom is 0.336 e. The number of rotatable bonds is 7. The van der Waals surface area contributed by atoms with E-state index >= 15 is 0 Å². The molecule has 1 unspecified atom stereocenters. The van der Waals surface area contributed by atoms with Crippen LogP contribution in [0.1, 0.15) is 46.5 Å². The highest BCUT2D eigenvalue weighted by Crippen LogP contribution is 2.19. The Bertz CT molecular complexity index is 617. The van der Waals surface area contributed by atoms with Crippen molar-refractivity contribution >= 4 is 17.9 Å². The molecule has 1 rings (SSSR count). The molecule has 1 aromatic carbocycles. The van der Waals surface area contributed by atoms with Gasteiger partial charge in [0.05, 0.1) is 11.1 Å². The number of carboxylic acid groups (broad SMARTS) is 2. The van der Waals surface area contributed by atoms with Crippen LogP contribution in [0.2, 0.25) is 0 Å². The smallest absolute Gasteiger partial charge is 0.336 e. The quantitative estimate of drug-likeness (QED) is 0.593. The Hall–Kier alpha value is -2.63. The van der Waals surface area contributed by atoms with Crippen LogP contribution in [0.15, 0.2) is 30.4 Å². The van der Waals surface area contributed by atoms with Crippen molar-refractivity contribution in [1.82, 2.24) is 0 Å². The minimum Gasteiger partial charge on any atom is -0.478 e. The van der Waals surface area contributed by atoms with E-state index in [1.807, 2.05) is 0 Å². The molecule has 0 aliphatic carbocycles. The summed E-state index contributed by atoms with van der Waals surface area (Å²) in [6, 6.07) is 4.22. The first kappa shape index (κ1) is 17.4. The number of ether oxygens (including phenoxy) is 1. The van der Waals surface area contributed by atoms with Crippen molar-refractivity contribution in [3.8, 4) is 0 Å². The van der Waals surface area contributed by atoms with Crippen LogP contribution in [0.3, 0.4) is 0 Å². The molecule has 0 saturated carbocycles. The normalized spacial score (nSPS) is 11.5. The van der Waals surface area contributed by atoms with E-state index < -0.39 is 24.0 Å². The van der Waals surface area contributed by atoms with E-state index in [1.54, 1.807) is 6.92 Å². The van der Waals surface area contributed by atoms with E-state index in [2.05, 4.69) is 6.58 Å². The van der Waals surface area contributed by atoms with Gasteiger partial charge >= 0.3 is 17.9 Å². The predicted molar refractivity (Wildman–Crippen MR) is 79.0 cm³/mol. The van der Waals surface area contributed by atoms with Gasteiger partial charge in [0.1, 0.15) is 6.10 Å². The summed E-state index contributed by atoms with van der Waals surface area (Å²) in [5, 5.41) is 18.4. The van der Waals surface area contributed by atoms with E-state index in [0.717, 1.165) is 0 Å². The maximum absolute atomic E-state index is 11.6. The molecule has 6 nitrogen and oxygen atoms in total. The topological polar surface area (TPSA) is 101 Å².